The molecule has 0 aromatic heterocycles. The minimum Gasteiger partial charge on any atom is -0.393 e. The van der Waals surface area contributed by atoms with Crippen molar-refractivity contribution in [3.05, 3.63) is 0 Å². The fourth-order valence-electron chi connectivity index (χ4n) is 0.954. The van der Waals surface area contributed by atoms with Gasteiger partial charge in [-0.05, 0) is 6.42 Å². The SMILES string of the molecule is CCCC(O)C(C)COC. The van der Waals surface area contributed by atoms with Crippen LogP contribution in [-0.2, 0) is 4.74 Å². The monoisotopic (exact) mass is 146 g/mol. The quantitative estimate of drug-likeness (QED) is 0.635. The Bertz CT molecular complexity index is 63.7. The number of aliphatic hydroxyl groups is 1. The van der Waals surface area contributed by atoms with Crippen molar-refractivity contribution in [2.75, 3.05) is 13.7 Å². The zero-order valence-electron chi connectivity index (χ0n) is 7.13. The van der Waals surface area contributed by atoms with Crippen molar-refractivity contribution in [1.29, 1.82) is 0 Å². The van der Waals surface area contributed by atoms with Gasteiger partial charge in [-0.3, -0.25) is 0 Å². The van der Waals surface area contributed by atoms with Crippen molar-refractivity contribution in [2.45, 2.75) is 32.8 Å². The zero-order valence-corrected chi connectivity index (χ0v) is 7.13. The van der Waals surface area contributed by atoms with E-state index >= 15 is 0 Å². The smallest absolute Gasteiger partial charge is 0.0587 e. The molecular formula is C8H18O2. The second kappa shape index (κ2) is 5.69. The summed E-state index contributed by atoms with van der Waals surface area (Å²) in [6.45, 7) is 4.73. The summed E-state index contributed by atoms with van der Waals surface area (Å²) in [6, 6.07) is 0. The van der Waals surface area contributed by atoms with E-state index in [0.717, 1.165) is 12.8 Å². The summed E-state index contributed by atoms with van der Waals surface area (Å²) in [4.78, 5) is 0. The summed E-state index contributed by atoms with van der Waals surface area (Å²) < 4.78 is 4.91. The third-order valence-electron chi connectivity index (χ3n) is 1.67. The van der Waals surface area contributed by atoms with E-state index in [2.05, 4.69) is 6.92 Å². The molecule has 10 heavy (non-hydrogen) atoms. The van der Waals surface area contributed by atoms with E-state index in [1.165, 1.54) is 0 Å². The van der Waals surface area contributed by atoms with Crippen LogP contribution in [0, 0.1) is 5.92 Å². The van der Waals surface area contributed by atoms with Crippen molar-refractivity contribution < 1.29 is 9.84 Å². The predicted molar refractivity (Wildman–Crippen MR) is 42.0 cm³/mol. The Hall–Kier alpha value is -0.0800. The largest absolute Gasteiger partial charge is 0.393 e. The highest BCUT2D eigenvalue weighted by Crippen LogP contribution is 2.08. The number of rotatable bonds is 5. The summed E-state index contributed by atoms with van der Waals surface area (Å²) in [7, 11) is 1.66. The summed E-state index contributed by atoms with van der Waals surface area (Å²) >= 11 is 0. The van der Waals surface area contributed by atoms with Gasteiger partial charge in [-0.25, -0.2) is 0 Å². The average Bonchev–Trinajstić information content (AvgIpc) is 1.89. The summed E-state index contributed by atoms with van der Waals surface area (Å²) in [5, 5.41) is 9.37. The van der Waals surface area contributed by atoms with Crippen molar-refractivity contribution in [3.63, 3.8) is 0 Å². The summed E-state index contributed by atoms with van der Waals surface area (Å²) in [5.41, 5.74) is 0. The van der Waals surface area contributed by atoms with Gasteiger partial charge in [0.2, 0.25) is 0 Å². The molecule has 1 N–H and O–H groups in total. The second-order valence-corrected chi connectivity index (χ2v) is 2.79. The number of ether oxygens (including phenoxy) is 1. The molecule has 0 aromatic carbocycles. The van der Waals surface area contributed by atoms with E-state index in [0.29, 0.717) is 6.61 Å². The molecule has 0 aliphatic carbocycles. The third kappa shape index (κ3) is 3.85. The highest BCUT2D eigenvalue weighted by Gasteiger charge is 2.11. The van der Waals surface area contributed by atoms with Crippen molar-refractivity contribution in [2.24, 2.45) is 5.92 Å². The predicted octanol–water partition coefficient (Wildman–Crippen LogP) is 1.43. The lowest BCUT2D eigenvalue weighted by Crippen LogP contribution is -2.21. The van der Waals surface area contributed by atoms with Crippen molar-refractivity contribution in [3.8, 4) is 0 Å². The van der Waals surface area contributed by atoms with Crippen LogP contribution in [-0.4, -0.2) is 24.9 Å². The molecule has 0 amide bonds. The number of methoxy groups -OCH3 is 1. The Kier molecular flexibility index (Phi) is 5.64. The lowest BCUT2D eigenvalue weighted by atomic mass is 10.0. The third-order valence-corrected chi connectivity index (χ3v) is 1.67. The molecule has 2 atom stereocenters. The molecule has 0 heterocycles. The standard InChI is InChI=1S/C8H18O2/c1-4-5-8(9)7(2)6-10-3/h7-9H,4-6H2,1-3H3. The zero-order chi connectivity index (χ0) is 7.98. The first-order valence-electron chi connectivity index (χ1n) is 3.89. The van der Waals surface area contributed by atoms with E-state index in [1.807, 2.05) is 6.92 Å². The van der Waals surface area contributed by atoms with Crippen LogP contribution in [0.15, 0.2) is 0 Å². The molecular weight excluding hydrogens is 128 g/mol. The Morgan fingerprint density at radius 3 is 2.50 bits per heavy atom. The van der Waals surface area contributed by atoms with E-state index in [1.54, 1.807) is 7.11 Å². The molecule has 62 valence electrons. The molecule has 2 nitrogen and oxygen atoms in total. The molecule has 0 saturated carbocycles. The first-order valence-corrected chi connectivity index (χ1v) is 3.89. The van der Waals surface area contributed by atoms with Gasteiger partial charge in [-0.15, -0.1) is 0 Å². The molecule has 0 rings (SSSR count). The lowest BCUT2D eigenvalue weighted by molar-refractivity contribution is 0.0516. The van der Waals surface area contributed by atoms with Crippen molar-refractivity contribution in [1.82, 2.24) is 0 Å². The summed E-state index contributed by atoms with van der Waals surface area (Å²) in [5.74, 6) is 0.268. The van der Waals surface area contributed by atoms with E-state index < -0.39 is 0 Å². The molecule has 0 fully saturated rings. The molecule has 2 heteroatoms. The maximum Gasteiger partial charge on any atom is 0.0587 e. The fraction of sp³-hybridized carbons (Fsp3) is 1.00. The maximum absolute atomic E-state index is 9.37. The Balaban J connectivity index is 3.38. The molecule has 2 unspecified atom stereocenters. The molecule has 0 aromatic rings. The summed E-state index contributed by atoms with van der Waals surface area (Å²) in [6.07, 6.45) is 1.73. The minimum absolute atomic E-state index is 0.190. The number of hydrogen-bond acceptors (Lipinski definition) is 2. The van der Waals surface area contributed by atoms with Crippen LogP contribution >= 0.6 is 0 Å². The molecule has 0 aliphatic rings. The topological polar surface area (TPSA) is 29.5 Å². The minimum atomic E-state index is -0.190. The van der Waals surface area contributed by atoms with Crippen molar-refractivity contribution >= 4 is 0 Å². The maximum atomic E-state index is 9.37. The van der Waals surface area contributed by atoms with Crippen LogP contribution in [0.25, 0.3) is 0 Å². The second-order valence-electron chi connectivity index (χ2n) is 2.79. The van der Waals surface area contributed by atoms with Gasteiger partial charge >= 0.3 is 0 Å². The first kappa shape index (κ1) is 9.92. The molecule has 0 spiro atoms. The van der Waals surface area contributed by atoms with E-state index in [4.69, 9.17) is 4.74 Å². The lowest BCUT2D eigenvalue weighted by Gasteiger charge is -2.16. The normalized spacial score (nSPS) is 16.8. The number of aliphatic hydroxyl groups excluding tert-OH is 1. The van der Waals surface area contributed by atoms with Crippen LogP contribution in [0.3, 0.4) is 0 Å². The van der Waals surface area contributed by atoms with E-state index in [-0.39, 0.29) is 12.0 Å². The Morgan fingerprint density at radius 1 is 1.50 bits per heavy atom. The van der Waals surface area contributed by atoms with Crippen LogP contribution in [0.4, 0.5) is 0 Å². The first-order chi connectivity index (χ1) is 4.72. The highest BCUT2D eigenvalue weighted by atomic mass is 16.5. The average molecular weight is 146 g/mol. The van der Waals surface area contributed by atoms with Gasteiger partial charge in [0.25, 0.3) is 0 Å². The van der Waals surface area contributed by atoms with Gasteiger partial charge in [-0.2, -0.15) is 0 Å². The van der Waals surface area contributed by atoms with Gasteiger partial charge < -0.3 is 9.84 Å². The van der Waals surface area contributed by atoms with Gasteiger partial charge in [0.15, 0.2) is 0 Å². The van der Waals surface area contributed by atoms with Gasteiger partial charge in [0.05, 0.1) is 12.7 Å². The van der Waals surface area contributed by atoms with Crippen LogP contribution < -0.4 is 0 Å². The van der Waals surface area contributed by atoms with Crippen LogP contribution in [0.5, 0.6) is 0 Å². The van der Waals surface area contributed by atoms with Gasteiger partial charge in [-0.1, -0.05) is 20.3 Å². The molecule has 0 bridgehead atoms. The highest BCUT2D eigenvalue weighted by molar-refractivity contribution is 4.62. The van der Waals surface area contributed by atoms with Gasteiger partial charge in [0.1, 0.15) is 0 Å². The van der Waals surface area contributed by atoms with Gasteiger partial charge in [0, 0.05) is 13.0 Å². The number of hydrogen-bond donors (Lipinski definition) is 1. The van der Waals surface area contributed by atoms with E-state index in [9.17, 15) is 5.11 Å². The molecule has 0 radical (unpaired) electrons. The Labute approximate surface area is 63.2 Å². The van der Waals surface area contributed by atoms with Crippen LogP contribution in [0.2, 0.25) is 0 Å². The van der Waals surface area contributed by atoms with Crippen LogP contribution in [0.1, 0.15) is 26.7 Å². The Morgan fingerprint density at radius 2 is 2.10 bits per heavy atom. The fourth-order valence-corrected chi connectivity index (χ4v) is 0.954. The molecule has 0 aliphatic heterocycles. The molecule has 0 saturated heterocycles.